The highest BCUT2D eigenvalue weighted by molar-refractivity contribution is 5.97. The second kappa shape index (κ2) is 8.42. The van der Waals surface area contributed by atoms with Crippen molar-refractivity contribution in [2.24, 2.45) is 0 Å². The molecular weight excluding hydrogens is 320 g/mol. The first-order valence-corrected chi connectivity index (χ1v) is 7.76. The number of alkyl halides is 2. The van der Waals surface area contributed by atoms with Crippen LogP contribution in [0.5, 0.6) is 5.75 Å². The van der Waals surface area contributed by atoms with Crippen molar-refractivity contribution in [2.45, 2.75) is 39.2 Å². The Morgan fingerprint density at radius 3 is 2.46 bits per heavy atom. The summed E-state index contributed by atoms with van der Waals surface area (Å²) in [6, 6.07) is 5.37. The molecule has 0 fully saturated rings. The Hall–Kier alpha value is -2.44. The maximum atomic E-state index is 12.3. The van der Waals surface area contributed by atoms with Crippen LogP contribution < -0.4 is 10.1 Å². The van der Waals surface area contributed by atoms with Crippen LogP contribution in [0.4, 0.5) is 8.78 Å². The van der Waals surface area contributed by atoms with Crippen molar-refractivity contribution in [1.82, 2.24) is 5.32 Å². The van der Waals surface area contributed by atoms with Crippen LogP contribution in [-0.4, -0.2) is 25.1 Å². The number of carbonyl (C=O) groups is 2. The van der Waals surface area contributed by atoms with Gasteiger partial charge in [0.25, 0.3) is 5.91 Å². The summed E-state index contributed by atoms with van der Waals surface area (Å²) in [7, 11) is 0. The van der Waals surface area contributed by atoms with E-state index in [0.29, 0.717) is 24.1 Å². The van der Waals surface area contributed by atoms with Crippen LogP contribution >= 0.6 is 0 Å². The van der Waals surface area contributed by atoms with E-state index in [4.69, 9.17) is 4.74 Å². The number of halogens is 2. The molecule has 0 aromatic heterocycles. The Balaban J connectivity index is 2.10. The Morgan fingerprint density at radius 1 is 1.17 bits per heavy atom. The van der Waals surface area contributed by atoms with Crippen molar-refractivity contribution in [3.8, 4) is 5.75 Å². The number of nitrogens with one attached hydrogen (secondary N) is 1. The van der Waals surface area contributed by atoms with Crippen molar-refractivity contribution in [1.29, 1.82) is 0 Å². The number of ether oxygens (including phenoxy) is 2. The van der Waals surface area contributed by atoms with Gasteiger partial charge in [-0.2, -0.15) is 8.78 Å². The van der Waals surface area contributed by atoms with Gasteiger partial charge < -0.3 is 14.8 Å². The van der Waals surface area contributed by atoms with Crippen LogP contribution in [0.25, 0.3) is 0 Å². The molecule has 0 aliphatic heterocycles. The molecule has 1 amide bonds. The van der Waals surface area contributed by atoms with E-state index in [9.17, 15) is 18.4 Å². The van der Waals surface area contributed by atoms with E-state index in [0.717, 1.165) is 12.8 Å². The molecule has 1 aromatic carbocycles. The first-order chi connectivity index (χ1) is 11.5. The molecule has 0 atom stereocenters. The molecule has 0 saturated heterocycles. The Morgan fingerprint density at radius 2 is 1.83 bits per heavy atom. The molecular formula is C17H19F2NO4. The van der Waals surface area contributed by atoms with Gasteiger partial charge in [0.05, 0.1) is 12.2 Å². The maximum absolute atomic E-state index is 12.3. The first kappa shape index (κ1) is 17.9. The van der Waals surface area contributed by atoms with Crippen LogP contribution in [0.2, 0.25) is 0 Å². The molecule has 2 rings (SSSR count). The summed E-state index contributed by atoms with van der Waals surface area (Å²) in [6.07, 6.45) is 2.90. The highest BCUT2D eigenvalue weighted by Gasteiger charge is 2.22. The van der Waals surface area contributed by atoms with Crippen molar-refractivity contribution in [3.05, 3.63) is 41.1 Å². The lowest BCUT2D eigenvalue weighted by Crippen LogP contribution is -2.27. The number of hydrogen-bond donors (Lipinski definition) is 1. The van der Waals surface area contributed by atoms with Crippen LogP contribution in [-0.2, 0) is 9.53 Å². The zero-order valence-electron chi connectivity index (χ0n) is 13.3. The number of esters is 1. The highest BCUT2D eigenvalue weighted by atomic mass is 19.3. The quantitative estimate of drug-likeness (QED) is 0.807. The highest BCUT2D eigenvalue weighted by Crippen LogP contribution is 2.24. The number of rotatable bonds is 6. The van der Waals surface area contributed by atoms with Crippen molar-refractivity contribution >= 4 is 11.9 Å². The zero-order chi connectivity index (χ0) is 17.5. The second-order valence-corrected chi connectivity index (χ2v) is 5.24. The number of carbonyl (C=O) groups excluding carboxylic acids is 2. The zero-order valence-corrected chi connectivity index (χ0v) is 13.3. The third kappa shape index (κ3) is 4.78. The minimum absolute atomic E-state index is 0.0226. The maximum Gasteiger partial charge on any atom is 0.387 e. The van der Waals surface area contributed by atoms with Gasteiger partial charge in [-0.05, 0) is 56.9 Å². The lowest BCUT2D eigenvalue weighted by Gasteiger charge is -2.20. The molecule has 0 spiro atoms. The predicted molar refractivity (Wildman–Crippen MR) is 82.7 cm³/mol. The summed E-state index contributed by atoms with van der Waals surface area (Å²) >= 11 is 0. The number of hydrogen-bond acceptors (Lipinski definition) is 4. The molecule has 1 aliphatic carbocycles. The third-order valence-corrected chi connectivity index (χ3v) is 3.60. The average Bonchev–Trinajstić information content (AvgIpc) is 2.55. The van der Waals surface area contributed by atoms with E-state index < -0.39 is 18.5 Å². The fourth-order valence-corrected chi connectivity index (χ4v) is 2.48. The lowest BCUT2D eigenvalue weighted by molar-refractivity contribution is -0.138. The normalized spacial score (nSPS) is 14.5. The van der Waals surface area contributed by atoms with E-state index in [1.165, 1.54) is 24.3 Å². The molecule has 0 bridgehead atoms. The van der Waals surface area contributed by atoms with Crippen LogP contribution in [0.15, 0.2) is 35.5 Å². The van der Waals surface area contributed by atoms with Gasteiger partial charge in [0.1, 0.15) is 5.75 Å². The van der Waals surface area contributed by atoms with Gasteiger partial charge in [-0.3, -0.25) is 4.79 Å². The minimum atomic E-state index is -2.91. The largest absolute Gasteiger partial charge is 0.463 e. The lowest BCUT2D eigenvalue weighted by atomic mass is 9.96. The molecule has 0 radical (unpaired) electrons. The fourth-order valence-electron chi connectivity index (χ4n) is 2.48. The molecule has 7 heteroatoms. The molecule has 1 N–H and O–H groups in total. The van der Waals surface area contributed by atoms with Crippen molar-refractivity contribution in [3.63, 3.8) is 0 Å². The van der Waals surface area contributed by atoms with Gasteiger partial charge in [-0.15, -0.1) is 0 Å². The Kier molecular flexibility index (Phi) is 6.28. The van der Waals surface area contributed by atoms with E-state index in [-0.39, 0.29) is 17.9 Å². The Bertz CT molecular complexity index is 626. The molecule has 0 heterocycles. The van der Waals surface area contributed by atoms with Crippen molar-refractivity contribution < 1.29 is 27.8 Å². The standard InChI is InChI=1S/C17H19F2NO4/c1-2-23-16(22)13-5-3-4-6-14(13)20-15(21)11-7-9-12(10-8-11)24-17(18)19/h7-10,17H,2-6H2,1H3,(H,20,21). The summed E-state index contributed by atoms with van der Waals surface area (Å²) < 4.78 is 33.5. The number of allylic oxidation sites excluding steroid dienone is 1. The van der Waals surface area contributed by atoms with Crippen LogP contribution in [0.1, 0.15) is 43.0 Å². The summed E-state index contributed by atoms with van der Waals surface area (Å²) in [6.45, 7) is -0.915. The fraction of sp³-hybridized carbons (Fsp3) is 0.412. The monoisotopic (exact) mass is 339 g/mol. The van der Waals surface area contributed by atoms with Crippen LogP contribution in [0, 0.1) is 0 Å². The molecule has 0 unspecified atom stereocenters. The smallest absolute Gasteiger partial charge is 0.387 e. The molecule has 1 aliphatic rings. The van der Waals surface area contributed by atoms with Gasteiger partial charge in [0.2, 0.25) is 0 Å². The number of amides is 1. The topological polar surface area (TPSA) is 64.6 Å². The van der Waals surface area contributed by atoms with Gasteiger partial charge in [-0.25, -0.2) is 4.79 Å². The van der Waals surface area contributed by atoms with E-state index in [1.807, 2.05) is 0 Å². The number of benzene rings is 1. The van der Waals surface area contributed by atoms with E-state index in [2.05, 4.69) is 10.1 Å². The summed E-state index contributed by atoms with van der Waals surface area (Å²) in [5, 5.41) is 2.74. The van der Waals surface area contributed by atoms with Gasteiger partial charge in [0, 0.05) is 11.3 Å². The SMILES string of the molecule is CCOC(=O)C1=C(NC(=O)c2ccc(OC(F)F)cc2)CCCC1. The molecule has 5 nitrogen and oxygen atoms in total. The van der Waals surface area contributed by atoms with Crippen LogP contribution in [0.3, 0.4) is 0 Å². The second-order valence-electron chi connectivity index (χ2n) is 5.24. The average molecular weight is 339 g/mol. The first-order valence-electron chi connectivity index (χ1n) is 7.76. The van der Waals surface area contributed by atoms with Crippen molar-refractivity contribution in [2.75, 3.05) is 6.61 Å². The van der Waals surface area contributed by atoms with Gasteiger partial charge in [-0.1, -0.05) is 0 Å². The molecule has 24 heavy (non-hydrogen) atoms. The Labute approximate surface area is 138 Å². The third-order valence-electron chi connectivity index (χ3n) is 3.60. The molecule has 0 saturated carbocycles. The van der Waals surface area contributed by atoms with E-state index >= 15 is 0 Å². The van der Waals surface area contributed by atoms with Gasteiger partial charge >= 0.3 is 12.6 Å². The predicted octanol–water partition coefficient (Wildman–Crippen LogP) is 3.41. The molecule has 1 aromatic rings. The summed E-state index contributed by atoms with van der Waals surface area (Å²) in [5.41, 5.74) is 1.35. The van der Waals surface area contributed by atoms with Gasteiger partial charge in [0.15, 0.2) is 0 Å². The van der Waals surface area contributed by atoms with E-state index in [1.54, 1.807) is 6.92 Å². The minimum Gasteiger partial charge on any atom is -0.463 e. The summed E-state index contributed by atoms with van der Waals surface area (Å²) in [5.74, 6) is -0.837. The molecule has 130 valence electrons. The summed E-state index contributed by atoms with van der Waals surface area (Å²) in [4.78, 5) is 24.2.